The number of ketones is 1. The Hall–Kier alpha value is -3.03. The number of nitrogens with zero attached hydrogens (tertiary/aromatic N) is 4. The molecular formula is C17H10Cl2N4O3. The van der Waals surface area contributed by atoms with Crippen molar-refractivity contribution < 1.29 is 9.72 Å². The molecule has 0 amide bonds. The molecule has 0 saturated heterocycles. The first-order valence-electron chi connectivity index (χ1n) is 7.26. The third kappa shape index (κ3) is 3.79. The standard InChI is InChI=1S/C17H10Cl2N4O3/c18-12-3-6-14(15(19)7-12)17(24)8-16(22-10-20-9-21-22)11-1-4-13(5-2-11)23(25)26/h1-10H/b16-8+. The number of halogens is 2. The number of non-ortho nitro benzene ring substituents is 1. The van der Waals surface area contributed by atoms with Gasteiger partial charge in [-0.1, -0.05) is 23.2 Å². The fourth-order valence-electron chi connectivity index (χ4n) is 2.26. The molecule has 0 atom stereocenters. The summed E-state index contributed by atoms with van der Waals surface area (Å²) in [6.45, 7) is 0. The number of benzene rings is 2. The Kier molecular flexibility index (Phi) is 5.11. The molecule has 9 heteroatoms. The second-order valence-corrected chi connectivity index (χ2v) is 6.01. The molecule has 1 aromatic heterocycles. The summed E-state index contributed by atoms with van der Waals surface area (Å²) in [5.41, 5.74) is 1.17. The summed E-state index contributed by atoms with van der Waals surface area (Å²) in [5, 5.41) is 15.5. The van der Waals surface area contributed by atoms with Crippen molar-refractivity contribution in [3.8, 4) is 0 Å². The van der Waals surface area contributed by atoms with Crippen LogP contribution in [0.25, 0.3) is 5.70 Å². The molecule has 0 saturated carbocycles. The zero-order valence-corrected chi connectivity index (χ0v) is 14.6. The zero-order valence-electron chi connectivity index (χ0n) is 13.0. The molecule has 0 fully saturated rings. The van der Waals surface area contributed by atoms with Gasteiger partial charge >= 0.3 is 0 Å². The van der Waals surface area contributed by atoms with Crippen LogP contribution in [-0.4, -0.2) is 25.5 Å². The number of hydrogen-bond donors (Lipinski definition) is 0. The SMILES string of the molecule is O=C(/C=C(\c1ccc([N+](=O)[O-])cc1)n1cncn1)c1ccc(Cl)cc1Cl. The highest BCUT2D eigenvalue weighted by atomic mass is 35.5. The number of rotatable bonds is 5. The van der Waals surface area contributed by atoms with Crippen LogP contribution in [0.1, 0.15) is 15.9 Å². The van der Waals surface area contributed by atoms with E-state index in [0.29, 0.717) is 16.3 Å². The third-order valence-electron chi connectivity index (χ3n) is 3.50. The van der Waals surface area contributed by atoms with Gasteiger partial charge in [-0.25, -0.2) is 9.67 Å². The van der Waals surface area contributed by atoms with E-state index in [1.807, 2.05) is 0 Å². The Balaban J connectivity index is 2.05. The fourth-order valence-corrected chi connectivity index (χ4v) is 2.76. The number of nitro benzene ring substituents is 1. The molecule has 0 spiro atoms. The van der Waals surface area contributed by atoms with Gasteiger partial charge < -0.3 is 0 Å². The lowest BCUT2D eigenvalue weighted by Crippen LogP contribution is -2.05. The van der Waals surface area contributed by atoms with Gasteiger partial charge in [0.05, 0.1) is 15.6 Å². The van der Waals surface area contributed by atoms with E-state index in [2.05, 4.69) is 10.1 Å². The normalized spacial score (nSPS) is 11.4. The molecule has 0 aliphatic rings. The van der Waals surface area contributed by atoms with Gasteiger partial charge in [-0.2, -0.15) is 5.10 Å². The van der Waals surface area contributed by atoms with Gasteiger partial charge in [0.2, 0.25) is 0 Å². The van der Waals surface area contributed by atoms with Crippen molar-refractivity contribution in [1.82, 2.24) is 14.8 Å². The first-order valence-corrected chi connectivity index (χ1v) is 8.02. The first kappa shape index (κ1) is 17.8. The molecule has 130 valence electrons. The van der Waals surface area contributed by atoms with Gasteiger partial charge in [-0.15, -0.1) is 0 Å². The Bertz CT molecular complexity index is 999. The van der Waals surface area contributed by atoms with Crippen LogP contribution in [0.3, 0.4) is 0 Å². The van der Waals surface area contributed by atoms with Gasteiger partial charge in [-0.05, 0) is 30.3 Å². The first-order chi connectivity index (χ1) is 12.5. The van der Waals surface area contributed by atoms with Crippen molar-refractivity contribution in [2.45, 2.75) is 0 Å². The molecule has 3 aromatic rings. The Morgan fingerprint density at radius 1 is 1.15 bits per heavy atom. The number of nitro groups is 1. The molecule has 3 rings (SSSR count). The lowest BCUT2D eigenvalue weighted by Gasteiger charge is -2.08. The monoisotopic (exact) mass is 388 g/mol. The van der Waals surface area contributed by atoms with Crippen LogP contribution in [-0.2, 0) is 0 Å². The minimum absolute atomic E-state index is 0.0567. The van der Waals surface area contributed by atoms with Crippen LogP contribution in [0.4, 0.5) is 5.69 Å². The van der Waals surface area contributed by atoms with Crippen molar-refractivity contribution >= 4 is 40.4 Å². The van der Waals surface area contributed by atoms with Gasteiger partial charge in [0.1, 0.15) is 12.7 Å². The summed E-state index contributed by atoms with van der Waals surface area (Å²) >= 11 is 11.9. The summed E-state index contributed by atoms with van der Waals surface area (Å²) in [7, 11) is 0. The molecule has 0 aliphatic heterocycles. The van der Waals surface area contributed by atoms with E-state index in [1.165, 1.54) is 59.8 Å². The Morgan fingerprint density at radius 3 is 2.46 bits per heavy atom. The molecule has 7 nitrogen and oxygen atoms in total. The molecule has 1 heterocycles. The molecule has 2 aromatic carbocycles. The molecule has 26 heavy (non-hydrogen) atoms. The Labute approximate surface area is 157 Å². The van der Waals surface area contributed by atoms with Crippen molar-refractivity contribution in [1.29, 1.82) is 0 Å². The highest BCUT2D eigenvalue weighted by Gasteiger charge is 2.14. The summed E-state index contributed by atoms with van der Waals surface area (Å²) in [6.07, 6.45) is 4.08. The maximum atomic E-state index is 12.7. The topological polar surface area (TPSA) is 90.9 Å². The van der Waals surface area contributed by atoms with E-state index in [0.717, 1.165) is 0 Å². The predicted molar refractivity (Wildman–Crippen MR) is 97.3 cm³/mol. The smallest absolute Gasteiger partial charge is 0.269 e. The van der Waals surface area contributed by atoms with Gasteiger partial charge in [-0.3, -0.25) is 14.9 Å². The van der Waals surface area contributed by atoms with Crippen molar-refractivity contribution in [2.24, 2.45) is 0 Å². The van der Waals surface area contributed by atoms with E-state index in [4.69, 9.17) is 23.2 Å². The van der Waals surface area contributed by atoms with Crippen LogP contribution in [0, 0.1) is 10.1 Å². The van der Waals surface area contributed by atoms with Gasteiger partial charge in [0.15, 0.2) is 5.78 Å². The van der Waals surface area contributed by atoms with Crippen molar-refractivity contribution in [2.75, 3.05) is 0 Å². The average molecular weight is 389 g/mol. The van der Waals surface area contributed by atoms with Gasteiger partial charge in [0.25, 0.3) is 5.69 Å². The zero-order chi connectivity index (χ0) is 18.7. The maximum Gasteiger partial charge on any atom is 0.269 e. The van der Waals surface area contributed by atoms with E-state index < -0.39 is 4.92 Å². The second-order valence-electron chi connectivity index (χ2n) is 5.16. The van der Waals surface area contributed by atoms with Crippen molar-refractivity contribution in [3.63, 3.8) is 0 Å². The maximum absolute atomic E-state index is 12.7. The second kappa shape index (κ2) is 7.47. The average Bonchev–Trinajstić information content (AvgIpc) is 3.14. The predicted octanol–water partition coefficient (Wildman–Crippen LogP) is 4.27. The molecule has 0 aliphatic carbocycles. The molecule has 0 N–H and O–H groups in total. The van der Waals surface area contributed by atoms with Crippen LogP contribution in [0.15, 0.2) is 61.2 Å². The number of allylic oxidation sites excluding steroid dienone is 1. The largest absolute Gasteiger partial charge is 0.289 e. The highest BCUT2D eigenvalue weighted by Crippen LogP contribution is 2.24. The number of carbonyl (C=O) groups excluding carboxylic acids is 1. The lowest BCUT2D eigenvalue weighted by molar-refractivity contribution is -0.384. The fraction of sp³-hybridized carbons (Fsp3) is 0. The van der Waals surface area contributed by atoms with E-state index in [-0.39, 0.29) is 22.1 Å². The lowest BCUT2D eigenvalue weighted by atomic mass is 10.1. The van der Waals surface area contributed by atoms with E-state index >= 15 is 0 Å². The molecule has 0 bridgehead atoms. The summed E-state index contributed by atoms with van der Waals surface area (Å²) in [4.78, 5) is 26.9. The van der Waals surface area contributed by atoms with Gasteiger partial charge in [0, 0.05) is 34.4 Å². The number of hydrogen-bond acceptors (Lipinski definition) is 5. The van der Waals surface area contributed by atoms with Crippen LogP contribution in [0.5, 0.6) is 0 Å². The number of aromatic nitrogens is 3. The molecular weight excluding hydrogens is 379 g/mol. The summed E-state index contributed by atoms with van der Waals surface area (Å²) in [6, 6.07) is 10.3. The highest BCUT2D eigenvalue weighted by molar-refractivity contribution is 6.37. The van der Waals surface area contributed by atoms with E-state index in [9.17, 15) is 14.9 Å². The van der Waals surface area contributed by atoms with Crippen LogP contribution in [0.2, 0.25) is 10.0 Å². The number of carbonyl (C=O) groups is 1. The quantitative estimate of drug-likeness (QED) is 0.281. The van der Waals surface area contributed by atoms with Crippen LogP contribution >= 0.6 is 23.2 Å². The summed E-state index contributed by atoms with van der Waals surface area (Å²) < 4.78 is 1.39. The summed E-state index contributed by atoms with van der Waals surface area (Å²) in [5.74, 6) is -0.365. The van der Waals surface area contributed by atoms with Crippen LogP contribution < -0.4 is 0 Å². The molecule has 0 radical (unpaired) electrons. The minimum atomic E-state index is -0.499. The minimum Gasteiger partial charge on any atom is -0.289 e. The third-order valence-corrected chi connectivity index (χ3v) is 4.05. The molecule has 0 unspecified atom stereocenters. The van der Waals surface area contributed by atoms with E-state index in [1.54, 1.807) is 6.07 Å². The Morgan fingerprint density at radius 2 is 1.88 bits per heavy atom. The van der Waals surface area contributed by atoms with Crippen molar-refractivity contribution in [3.05, 3.63) is 92.5 Å².